The summed E-state index contributed by atoms with van der Waals surface area (Å²) in [4.78, 5) is 0. The Bertz CT molecular complexity index is 800. The zero-order chi connectivity index (χ0) is 16.2. The average molecular weight is 332 g/mol. The number of ether oxygens (including phenoxy) is 1. The monoisotopic (exact) mass is 331 g/mol. The van der Waals surface area contributed by atoms with Crippen LogP contribution in [0.3, 0.4) is 0 Å². The van der Waals surface area contributed by atoms with Crippen LogP contribution in [0.15, 0.2) is 54.7 Å². The van der Waals surface area contributed by atoms with Crippen molar-refractivity contribution >= 4 is 22.5 Å². The van der Waals surface area contributed by atoms with Gasteiger partial charge in [0.15, 0.2) is 0 Å². The van der Waals surface area contributed by atoms with Gasteiger partial charge in [-0.3, -0.25) is 0 Å². The van der Waals surface area contributed by atoms with Gasteiger partial charge in [-0.25, -0.2) is 0 Å². The highest BCUT2D eigenvalue weighted by atomic mass is 35.5. The number of aromatic nitrogens is 1. The maximum Gasteiger partial charge on any atom is 0.138 e. The lowest BCUT2D eigenvalue weighted by atomic mass is 10.2. The summed E-state index contributed by atoms with van der Waals surface area (Å²) in [6.07, 6.45) is 1.18. The molecule has 0 amide bonds. The van der Waals surface area contributed by atoms with Crippen molar-refractivity contribution in [1.82, 2.24) is 4.57 Å². The Morgan fingerprint density at radius 3 is 2.61 bits per heavy atom. The molecule has 2 N–H and O–H groups in total. The normalized spacial score (nSPS) is 12.5. The average Bonchev–Trinajstić information content (AvgIpc) is 2.92. The van der Waals surface area contributed by atoms with Crippen LogP contribution in [0, 0.1) is 0 Å². The van der Waals surface area contributed by atoms with Crippen molar-refractivity contribution in [1.29, 1.82) is 0 Å². The van der Waals surface area contributed by atoms with E-state index in [-0.39, 0.29) is 13.2 Å². The van der Waals surface area contributed by atoms with Crippen molar-refractivity contribution in [2.45, 2.75) is 19.3 Å². The molecular weight excluding hydrogens is 314 g/mol. The predicted octanol–water partition coefficient (Wildman–Crippen LogP) is 3.23. The van der Waals surface area contributed by atoms with Gasteiger partial charge >= 0.3 is 0 Å². The summed E-state index contributed by atoms with van der Waals surface area (Å²) in [5.74, 6) is 0.557. The lowest BCUT2D eigenvalue weighted by Crippen LogP contribution is -2.23. The molecule has 23 heavy (non-hydrogen) atoms. The number of para-hydroxylation sites is 2. The first-order chi connectivity index (χ1) is 11.2. The third-order valence-corrected chi connectivity index (χ3v) is 4.03. The van der Waals surface area contributed by atoms with Crippen LogP contribution in [0.4, 0.5) is 0 Å². The Kier molecular flexibility index (Phi) is 4.86. The van der Waals surface area contributed by atoms with E-state index >= 15 is 0 Å². The van der Waals surface area contributed by atoms with Gasteiger partial charge in [0.05, 0.1) is 18.2 Å². The third-order valence-electron chi connectivity index (χ3n) is 3.72. The second kappa shape index (κ2) is 7.04. The van der Waals surface area contributed by atoms with E-state index in [0.717, 1.165) is 16.5 Å². The Labute approximate surface area is 139 Å². The van der Waals surface area contributed by atoms with Gasteiger partial charge < -0.3 is 19.5 Å². The Hall–Kier alpha value is -2.01. The first-order valence-corrected chi connectivity index (χ1v) is 7.80. The van der Waals surface area contributed by atoms with E-state index in [1.165, 1.54) is 0 Å². The van der Waals surface area contributed by atoms with E-state index in [2.05, 4.69) is 0 Å². The maximum absolute atomic E-state index is 10.2. The Balaban J connectivity index is 1.71. The van der Waals surface area contributed by atoms with Crippen LogP contribution in [0.5, 0.6) is 5.75 Å². The molecule has 0 fully saturated rings. The molecule has 0 aliphatic carbocycles. The standard InChI is InChI=1S/C18H18ClNO3/c19-16-6-2-4-8-18(16)23-12-14(22)10-20-9-13(11-21)15-5-1-3-7-17(15)20/h1-9,14,21-22H,10-12H2/t14-/m1/s1. The molecule has 1 heterocycles. The fourth-order valence-corrected chi connectivity index (χ4v) is 2.82. The molecule has 5 heteroatoms. The van der Waals surface area contributed by atoms with Gasteiger partial charge in [-0.05, 0) is 18.2 Å². The molecular formula is C18H18ClNO3. The Morgan fingerprint density at radius 2 is 1.83 bits per heavy atom. The van der Waals surface area contributed by atoms with Gasteiger partial charge in [0.25, 0.3) is 0 Å². The van der Waals surface area contributed by atoms with Crippen LogP contribution in [0.2, 0.25) is 5.02 Å². The van der Waals surface area contributed by atoms with Crippen molar-refractivity contribution in [3.63, 3.8) is 0 Å². The van der Waals surface area contributed by atoms with Gasteiger partial charge in [-0.15, -0.1) is 0 Å². The number of hydrogen-bond acceptors (Lipinski definition) is 3. The minimum absolute atomic E-state index is 0.0280. The lowest BCUT2D eigenvalue weighted by molar-refractivity contribution is 0.0935. The predicted molar refractivity (Wildman–Crippen MR) is 90.8 cm³/mol. The Morgan fingerprint density at radius 1 is 1.09 bits per heavy atom. The number of nitrogens with zero attached hydrogens (tertiary/aromatic N) is 1. The molecule has 1 atom stereocenters. The number of aliphatic hydroxyl groups is 2. The van der Waals surface area contributed by atoms with Crippen LogP contribution < -0.4 is 4.74 Å². The summed E-state index contributed by atoms with van der Waals surface area (Å²) in [7, 11) is 0. The fraction of sp³-hybridized carbons (Fsp3) is 0.222. The van der Waals surface area contributed by atoms with Gasteiger partial charge in [0, 0.05) is 22.7 Å². The molecule has 120 valence electrons. The van der Waals surface area contributed by atoms with Crippen molar-refractivity contribution in [3.05, 3.63) is 65.3 Å². The molecule has 3 rings (SSSR count). The molecule has 0 aliphatic heterocycles. The number of rotatable bonds is 6. The van der Waals surface area contributed by atoms with Crippen molar-refractivity contribution < 1.29 is 14.9 Å². The first-order valence-electron chi connectivity index (χ1n) is 7.42. The minimum atomic E-state index is -0.686. The minimum Gasteiger partial charge on any atom is -0.489 e. The van der Waals surface area contributed by atoms with Crippen LogP contribution in [0.25, 0.3) is 10.9 Å². The van der Waals surface area contributed by atoms with Gasteiger partial charge in [0.1, 0.15) is 18.5 Å². The summed E-state index contributed by atoms with van der Waals surface area (Å²) in [6, 6.07) is 15.0. The molecule has 2 aromatic carbocycles. The second-order valence-corrected chi connectivity index (χ2v) is 5.78. The van der Waals surface area contributed by atoms with E-state index in [1.807, 2.05) is 47.2 Å². The van der Waals surface area contributed by atoms with Crippen LogP contribution in [0.1, 0.15) is 5.56 Å². The highest BCUT2D eigenvalue weighted by molar-refractivity contribution is 6.32. The van der Waals surface area contributed by atoms with Crippen LogP contribution >= 0.6 is 11.6 Å². The fourth-order valence-electron chi connectivity index (χ4n) is 2.63. The van der Waals surface area contributed by atoms with Crippen LogP contribution in [-0.2, 0) is 13.2 Å². The molecule has 0 spiro atoms. The van der Waals surface area contributed by atoms with Crippen molar-refractivity contribution in [3.8, 4) is 5.75 Å². The highest BCUT2D eigenvalue weighted by Gasteiger charge is 2.12. The summed E-state index contributed by atoms with van der Waals surface area (Å²) in [6.45, 7) is 0.495. The van der Waals surface area contributed by atoms with Crippen LogP contribution in [-0.4, -0.2) is 27.5 Å². The van der Waals surface area contributed by atoms with E-state index < -0.39 is 6.10 Å². The second-order valence-electron chi connectivity index (χ2n) is 5.38. The molecule has 0 aliphatic rings. The molecule has 1 aromatic heterocycles. The van der Waals surface area contributed by atoms with E-state index in [1.54, 1.807) is 12.1 Å². The third kappa shape index (κ3) is 3.50. The molecule has 4 nitrogen and oxygen atoms in total. The zero-order valence-electron chi connectivity index (χ0n) is 12.5. The summed E-state index contributed by atoms with van der Waals surface area (Å²) in [5, 5.41) is 21.2. The van der Waals surface area contributed by atoms with Crippen molar-refractivity contribution in [2.24, 2.45) is 0 Å². The maximum atomic E-state index is 10.2. The molecule has 0 unspecified atom stereocenters. The zero-order valence-corrected chi connectivity index (χ0v) is 13.3. The van der Waals surface area contributed by atoms with E-state index in [4.69, 9.17) is 16.3 Å². The molecule has 0 bridgehead atoms. The van der Waals surface area contributed by atoms with Gasteiger partial charge in [0.2, 0.25) is 0 Å². The molecule has 0 radical (unpaired) electrons. The smallest absolute Gasteiger partial charge is 0.138 e. The number of halogens is 1. The van der Waals surface area contributed by atoms with Gasteiger partial charge in [-0.2, -0.15) is 0 Å². The molecule has 0 saturated heterocycles. The number of hydrogen-bond donors (Lipinski definition) is 2. The SMILES string of the molecule is OCc1cn(C[C@@H](O)COc2ccccc2Cl)c2ccccc12. The largest absolute Gasteiger partial charge is 0.489 e. The number of benzene rings is 2. The molecule has 3 aromatic rings. The number of aliphatic hydroxyl groups excluding tert-OH is 2. The highest BCUT2D eigenvalue weighted by Crippen LogP contribution is 2.24. The topological polar surface area (TPSA) is 54.6 Å². The number of fused-ring (bicyclic) bond motifs is 1. The van der Waals surface area contributed by atoms with E-state index in [9.17, 15) is 10.2 Å². The quantitative estimate of drug-likeness (QED) is 0.729. The van der Waals surface area contributed by atoms with Crippen molar-refractivity contribution in [2.75, 3.05) is 6.61 Å². The lowest BCUT2D eigenvalue weighted by Gasteiger charge is -2.14. The summed E-state index contributed by atoms with van der Waals surface area (Å²) in [5.41, 5.74) is 1.83. The summed E-state index contributed by atoms with van der Waals surface area (Å²) >= 11 is 6.03. The molecule has 0 saturated carbocycles. The van der Waals surface area contributed by atoms with E-state index in [0.29, 0.717) is 17.3 Å². The van der Waals surface area contributed by atoms with Gasteiger partial charge in [-0.1, -0.05) is 41.9 Å². The summed E-state index contributed by atoms with van der Waals surface area (Å²) < 4.78 is 7.50. The first kappa shape index (κ1) is 15.9.